The molecule has 0 aliphatic heterocycles. The van der Waals surface area contributed by atoms with Crippen molar-refractivity contribution in [1.82, 2.24) is 0 Å². The Morgan fingerprint density at radius 3 is 1.57 bits per heavy atom. The molecule has 128 valence electrons. The van der Waals surface area contributed by atoms with Crippen LogP contribution in [-0.2, 0) is 4.79 Å². The minimum atomic E-state index is -0.815. The van der Waals surface area contributed by atoms with E-state index in [0.717, 1.165) is 38.5 Å². The van der Waals surface area contributed by atoms with Gasteiger partial charge in [0.15, 0.2) is 0 Å². The van der Waals surface area contributed by atoms with E-state index >= 15 is 0 Å². The molecule has 0 radical (unpaired) electrons. The zero-order valence-electron chi connectivity index (χ0n) is 12.9. The van der Waals surface area contributed by atoms with E-state index in [9.17, 15) is 4.79 Å². The smallest absolute Gasteiger partial charge is 0.303 e. The molecule has 5 nitrogen and oxygen atoms in total. The predicted octanol–water partition coefficient (Wildman–Crippen LogP) is 2.47. The van der Waals surface area contributed by atoms with Crippen LogP contribution in [0.15, 0.2) is 0 Å². The van der Waals surface area contributed by atoms with Crippen molar-refractivity contribution in [3.63, 3.8) is 0 Å². The topological polar surface area (TPSA) is 104 Å². The summed E-state index contributed by atoms with van der Waals surface area (Å²) in [5, 5.41) is 26.6. The lowest BCUT2D eigenvalue weighted by Crippen LogP contribution is -2.47. The molecule has 0 aromatic heterocycles. The molecule has 0 aromatic rings. The van der Waals surface area contributed by atoms with Gasteiger partial charge in [0.25, 0.3) is 0 Å². The molecular weight excluding hydrogens is 294 g/mol. The maximum Gasteiger partial charge on any atom is 0.303 e. The lowest BCUT2D eigenvalue weighted by Gasteiger charge is -2.24. The molecule has 21 heavy (non-hydrogen) atoms. The maximum atomic E-state index is 10.3. The van der Waals surface area contributed by atoms with Gasteiger partial charge >= 0.3 is 5.97 Å². The minimum absolute atomic E-state index is 0. The summed E-state index contributed by atoms with van der Waals surface area (Å²) in [6.07, 6.45) is 10.6. The number of carbonyl (C=O) groups is 1. The Kier molecular flexibility index (Phi) is 15.9. The van der Waals surface area contributed by atoms with Gasteiger partial charge in [0.2, 0.25) is 0 Å². The van der Waals surface area contributed by atoms with Gasteiger partial charge in [0, 0.05) is 6.42 Å². The summed E-state index contributed by atoms with van der Waals surface area (Å²) in [7, 11) is 0. The maximum absolute atomic E-state index is 10.3. The number of hydrogen-bond donors (Lipinski definition) is 4. The molecule has 0 aliphatic carbocycles. The highest BCUT2D eigenvalue weighted by atomic mass is 35.5. The molecule has 0 fully saturated rings. The third kappa shape index (κ3) is 14.3. The van der Waals surface area contributed by atoms with E-state index < -0.39 is 11.5 Å². The molecule has 6 heteroatoms. The second-order valence-corrected chi connectivity index (χ2v) is 5.75. The number of unbranched alkanes of at least 4 members (excludes halogenated alkanes) is 8. The van der Waals surface area contributed by atoms with Crippen molar-refractivity contribution in [2.45, 2.75) is 76.2 Å². The van der Waals surface area contributed by atoms with E-state index in [4.69, 9.17) is 21.1 Å². The number of halogens is 1. The van der Waals surface area contributed by atoms with Gasteiger partial charge in [0.1, 0.15) is 0 Å². The molecule has 0 unspecified atom stereocenters. The molecule has 0 saturated heterocycles. The summed E-state index contributed by atoms with van der Waals surface area (Å²) in [5.74, 6) is -0.702. The molecule has 5 N–H and O–H groups in total. The zero-order valence-corrected chi connectivity index (χ0v) is 13.7. The summed E-state index contributed by atoms with van der Waals surface area (Å²) in [6, 6.07) is 0. The van der Waals surface area contributed by atoms with E-state index in [1.807, 2.05) is 0 Å². The van der Waals surface area contributed by atoms with Crippen LogP contribution in [0, 0.1) is 0 Å². The van der Waals surface area contributed by atoms with E-state index in [1.165, 1.54) is 19.3 Å². The van der Waals surface area contributed by atoms with E-state index in [-0.39, 0.29) is 32.0 Å². The Bertz CT molecular complexity index is 248. The fourth-order valence-corrected chi connectivity index (χ4v) is 2.20. The predicted molar refractivity (Wildman–Crippen MR) is 86.8 cm³/mol. The lowest BCUT2D eigenvalue weighted by molar-refractivity contribution is -0.137. The van der Waals surface area contributed by atoms with Crippen LogP contribution in [0.4, 0.5) is 0 Å². The van der Waals surface area contributed by atoms with Crippen LogP contribution in [0.3, 0.4) is 0 Å². The third-order valence-corrected chi connectivity index (χ3v) is 3.70. The van der Waals surface area contributed by atoms with Gasteiger partial charge in [0.05, 0.1) is 18.8 Å². The van der Waals surface area contributed by atoms with Crippen LogP contribution in [0.2, 0.25) is 0 Å². The van der Waals surface area contributed by atoms with Crippen molar-refractivity contribution in [1.29, 1.82) is 0 Å². The second-order valence-electron chi connectivity index (χ2n) is 5.75. The van der Waals surface area contributed by atoms with Crippen LogP contribution in [0.25, 0.3) is 0 Å². The number of aliphatic hydroxyl groups is 2. The summed E-state index contributed by atoms with van der Waals surface area (Å²) in [6.45, 7) is -0.334. The number of aliphatic carboxylic acids is 1. The van der Waals surface area contributed by atoms with Gasteiger partial charge in [-0.25, -0.2) is 0 Å². The number of rotatable bonds is 14. The monoisotopic (exact) mass is 325 g/mol. The molecule has 0 spiro atoms. The molecule has 0 bridgehead atoms. The lowest BCUT2D eigenvalue weighted by atomic mass is 9.94. The third-order valence-electron chi connectivity index (χ3n) is 3.70. The highest BCUT2D eigenvalue weighted by Gasteiger charge is 2.21. The number of nitrogens with two attached hydrogens (primary N) is 1. The summed E-state index contributed by atoms with van der Waals surface area (Å²) < 4.78 is 0. The first kappa shape index (κ1) is 22.9. The van der Waals surface area contributed by atoms with Gasteiger partial charge in [-0.05, 0) is 12.8 Å². The summed E-state index contributed by atoms with van der Waals surface area (Å²) in [5.41, 5.74) is 4.97. The normalized spacial score (nSPS) is 11.2. The molecule has 0 atom stereocenters. The van der Waals surface area contributed by atoms with Crippen molar-refractivity contribution in [3.05, 3.63) is 0 Å². The highest BCUT2D eigenvalue weighted by Crippen LogP contribution is 2.14. The van der Waals surface area contributed by atoms with Crippen molar-refractivity contribution in [2.24, 2.45) is 5.73 Å². The van der Waals surface area contributed by atoms with Gasteiger partial charge < -0.3 is 21.1 Å². The van der Waals surface area contributed by atoms with Gasteiger partial charge in [-0.2, -0.15) is 0 Å². The fraction of sp³-hybridized carbons (Fsp3) is 0.933. The first-order valence-corrected chi connectivity index (χ1v) is 7.76. The number of hydrogen-bond acceptors (Lipinski definition) is 4. The Labute approximate surface area is 134 Å². The van der Waals surface area contributed by atoms with Crippen molar-refractivity contribution in [3.8, 4) is 0 Å². The number of aliphatic hydroxyl groups excluding tert-OH is 2. The standard InChI is InChI=1S/C15H31NO4.ClH/c16-15(12-17,13-18)11-9-7-5-3-1-2-4-6-8-10-14(19)20;/h17-18H,1-13,16H2,(H,19,20);1H. The quantitative estimate of drug-likeness (QED) is 0.367. The summed E-state index contributed by atoms with van der Waals surface area (Å²) in [4.78, 5) is 10.3. The number of carboxylic acids is 1. The molecule has 0 aliphatic rings. The average Bonchev–Trinajstić information content (AvgIpc) is 2.44. The van der Waals surface area contributed by atoms with E-state index in [0.29, 0.717) is 6.42 Å². The van der Waals surface area contributed by atoms with Crippen LogP contribution >= 0.6 is 12.4 Å². The van der Waals surface area contributed by atoms with Crippen LogP contribution in [-0.4, -0.2) is 40.0 Å². The second kappa shape index (κ2) is 14.6. The van der Waals surface area contributed by atoms with E-state index in [2.05, 4.69) is 0 Å². The first-order chi connectivity index (χ1) is 9.54. The first-order valence-electron chi connectivity index (χ1n) is 7.76. The fourth-order valence-electron chi connectivity index (χ4n) is 2.20. The Morgan fingerprint density at radius 2 is 1.19 bits per heavy atom. The van der Waals surface area contributed by atoms with Gasteiger partial charge in [-0.1, -0.05) is 51.4 Å². The Balaban J connectivity index is 0. The average molecular weight is 326 g/mol. The number of carboxylic acid groups (broad SMARTS) is 1. The van der Waals surface area contributed by atoms with Gasteiger partial charge in [-0.3, -0.25) is 4.79 Å². The highest BCUT2D eigenvalue weighted by molar-refractivity contribution is 5.85. The molecular formula is C15H32ClNO4. The van der Waals surface area contributed by atoms with E-state index in [1.54, 1.807) is 0 Å². The zero-order chi connectivity index (χ0) is 15.3. The summed E-state index contributed by atoms with van der Waals surface area (Å²) >= 11 is 0. The van der Waals surface area contributed by atoms with Crippen molar-refractivity contribution < 1.29 is 20.1 Å². The SMILES string of the molecule is Cl.NC(CO)(CO)CCCCCCCCCCCC(=O)O. The van der Waals surface area contributed by atoms with Crippen LogP contribution < -0.4 is 5.73 Å². The van der Waals surface area contributed by atoms with Crippen molar-refractivity contribution in [2.75, 3.05) is 13.2 Å². The largest absolute Gasteiger partial charge is 0.481 e. The van der Waals surface area contributed by atoms with Crippen molar-refractivity contribution >= 4 is 18.4 Å². The minimum Gasteiger partial charge on any atom is -0.481 e. The molecule has 0 rings (SSSR count). The van der Waals surface area contributed by atoms with Crippen LogP contribution in [0.5, 0.6) is 0 Å². The van der Waals surface area contributed by atoms with Gasteiger partial charge in [-0.15, -0.1) is 12.4 Å². The molecule has 0 saturated carbocycles. The molecule has 0 aromatic carbocycles. The Hall–Kier alpha value is -0.360. The molecule has 0 heterocycles. The molecule has 0 amide bonds. The Morgan fingerprint density at radius 1 is 0.810 bits per heavy atom. The van der Waals surface area contributed by atoms with Crippen LogP contribution in [0.1, 0.15) is 70.6 Å².